The number of hydrogen-bond donors (Lipinski definition) is 2. The number of carbonyl (C=O) groups excluding carboxylic acids is 1. The van der Waals surface area contributed by atoms with Crippen LogP contribution in [-0.2, 0) is 10.2 Å². The van der Waals surface area contributed by atoms with E-state index in [0.717, 1.165) is 11.1 Å². The lowest BCUT2D eigenvalue weighted by atomic mass is 9.83. The van der Waals surface area contributed by atoms with Crippen LogP contribution >= 0.6 is 0 Å². The van der Waals surface area contributed by atoms with Crippen molar-refractivity contribution in [1.29, 1.82) is 0 Å². The average Bonchev–Trinajstić information content (AvgIpc) is 2.26. The van der Waals surface area contributed by atoms with Gasteiger partial charge >= 0.3 is 0 Å². The van der Waals surface area contributed by atoms with Gasteiger partial charge in [-0.3, -0.25) is 4.79 Å². The summed E-state index contributed by atoms with van der Waals surface area (Å²) < 4.78 is 0. The molecule has 0 saturated carbocycles. The Bertz CT molecular complexity index is 418. The quantitative estimate of drug-likeness (QED) is 0.618. The molecule has 0 spiro atoms. The van der Waals surface area contributed by atoms with Crippen LogP contribution in [-0.4, -0.2) is 12.5 Å². The SMILES string of the molecule is C=C(C)CNC(=O)C(C)(C)c1ccc(N)cc1. The van der Waals surface area contributed by atoms with Crippen molar-refractivity contribution in [3.05, 3.63) is 42.0 Å². The number of carbonyl (C=O) groups is 1. The first-order valence-electron chi connectivity index (χ1n) is 5.62. The Labute approximate surface area is 103 Å². The van der Waals surface area contributed by atoms with Crippen LogP contribution in [0.25, 0.3) is 0 Å². The van der Waals surface area contributed by atoms with Crippen LogP contribution in [0.1, 0.15) is 26.3 Å². The van der Waals surface area contributed by atoms with Crippen LogP contribution in [0, 0.1) is 0 Å². The van der Waals surface area contributed by atoms with Crippen LogP contribution in [0.2, 0.25) is 0 Å². The number of rotatable bonds is 4. The summed E-state index contributed by atoms with van der Waals surface area (Å²) in [6, 6.07) is 7.39. The summed E-state index contributed by atoms with van der Waals surface area (Å²) in [5, 5.41) is 2.87. The van der Waals surface area contributed by atoms with Crippen molar-refractivity contribution in [2.75, 3.05) is 12.3 Å². The highest BCUT2D eigenvalue weighted by molar-refractivity contribution is 5.87. The molecule has 0 aliphatic rings. The maximum Gasteiger partial charge on any atom is 0.230 e. The van der Waals surface area contributed by atoms with Gasteiger partial charge in [0.2, 0.25) is 5.91 Å². The van der Waals surface area contributed by atoms with Gasteiger partial charge in [0.05, 0.1) is 5.41 Å². The van der Waals surface area contributed by atoms with Gasteiger partial charge in [0, 0.05) is 12.2 Å². The van der Waals surface area contributed by atoms with Gasteiger partial charge in [0.15, 0.2) is 0 Å². The highest BCUT2D eigenvalue weighted by atomic mass is 16.2. The molecular formula is C14H20N2O. The minimum absolute atomic E-state index is 0.00901. The van der Waals surface area contributed by atoms with Gasteiger partial charge in [-0.05, 0) is 38.5 Å². The fourth-order valence-electron chi connectivity index (χ4n) is 1.48. The maximum absolute atomic E-state index is 12.1. The molecule has 1 aromatic rings. The second kappa shape index (κ2) is 5.04. The van der Waals surface area contributed by atoms with Gasteiger partial charge in [-0.2, -0.15) is 0 Å². The first-order chi connectivity index (χ1) is 7.84. The van der Waals surface area contributed by atoms with E-state index in [0.29, 0.717) is 12.2 Å². The van der Waals surface area contributed by atoms with Gasteiger partial charge in [-0.15, -0.1) is 0 Å². The highest BCUT2D eigenvalue weighted by Gasteiger charge is 2.29. The molecule has 1 aromatic carbocycles. The number of nitrogens with one attached hydrogen (secondary N) is 1. The number of hydrogen-bond acceptors (Lipinski definition) is 2. The molecule has 0 radical (unpaired) electrons. The lowest BCUT2D eigenvalue weighted by molar-refractivity contribution is -0.125. The second-order valence-electron chi connectivity index (χ2n) is 4.89. The summed E-state index contributed by atoms with van der Waals surface area (Å²) in [6.07, 6.45) is 0. The molecule has 1 rings (SSSR count). The molecule has 17 heavy (non-hydrogen) atoms. The lowest BCUT2D eigenvalue weighted by Gasteiger charge is -2.24. The zero-order chi connectivity index (χ0) is 13.1. The van der Waals surface area contributed by atoms with E-state index in [1.54, 1.807) is 0 Å². The number of anilines is 1. The van der Waals surface area contributed by atoms with E-state index in [-0.39, 0.29) is 5.91 Å². The summed E-state index contributed by atoms with van der Waals surface area (Å²) in [4.78, 5) is 12.1. The number of nitrogen functional groups attached to an aromatic ring is 1. The molecule has 0 unspecified atom stereocenters. The zero-order valence-electron chi connectivity index (χ0n) is 10.7. The second-order valence-corrected chi connectivity index (χ2v) is 4.89. The first kappa shape index (κ1) is 13.3. The van der Waals surface area contributed by atoms with Gasteiger partial charge in [-0.1, -0.05) is 24.3 Å². The van der Waals surface area contributed by atoms with Crippen LogP contribution in [0.5, 0.6) is 0 Å². The van der Waals surface area contributed by atoms with Crippen LogP contribution < -0.4 is 11.1 Å². The van der Waals surface area contributed by atoms with E-state index in [2.05, 4.69) is 11.9 Å². The van der Waals surface area contributed by atoms with Crippen molar-refractivity contribution in [3.8, 4) is 0 Å². The molecule has 3 nitrogen and oxygen atoms in total. The molecule has 0 aromatic heterocycles. The van der Waals surface area contributed by atoms with Crippen molar-refractivity contribution < 1.29 is 4.79 Å². The largest absolute Gasteiger partial charge is 0.399 e. The number of nitrogens with two attached hydrogens (primary N) is 1. The smallest absolute Gasteiger partial charge is 0.230 e. The summed E-state index contributed by atoms with van der Waals surface area (Å²) in [5.41, 5.74) is 7.65. The molecule has 0 bridgehead atoms. The van der Waals surface area contributed by atoms with E-state index in [1.807, 2.05) is 45.0 Å². The zero-order valence-corrected chi connectivity index (χ0v) is 10.7. The van der Waals surface area contributed by atoms with E-state index >= 15 is 0 Å². The normalized spacial score (nSPS) is 11.0. The average molecular weight is 232 g/mol. The summed E-state index contributed by atoms with van der Waals surface area (Å²) in [5.74, 6) is -0.00901. The molecule has 1 amide bonds. The Morgan fingerprint density at radius 2 is 1.88 bits per heavy atom. The molecular weight excluding hydrogens is 212 g/mol. The Morgan fingerprint density at radius 1 is 1.35 bits per heavy atom. The van der Waals surface area contributed by atoms with Gasteiger partial charge in [-0.25, -0.2) is 0 Å². The topological polar surface area (TPSA) is 55.1 Å². The molecule has 0 aliphatic heterocycles. The number of benzene rings is 1. The molecule has 92 valence electrons. The minimum Gasteiger partial charge on any atom is -0.399 e. The van der Waals surface area contributed by atoms with E-state index in [1.165, 1.54) is 0 Å². The standard InChI is InChI=1S/C14H20N2O/c1-10(2)9-16-13(17)14(3,4)11-5-7-12(15)8-6-11/h5-8H,1,9,15H2,2-4H3,(H,16,17). The van der Waals surface area contributed by atoms with Gasteiger partial charge in [0.1, 0.15) is 0 Å². The number of amides is 1. The fraction of sp³-hybridized carbons (Fsp3) is 0.357. The molecule has 0 heterocycles. The Kier molecular flexibility index (Phi) is 3.94. The summed E-state index contributed by atoms with van der Waals surface area (Å²) in [7, 11) is 0. The molecule has 0 atom stereocenters. The molecule has 0 aliphatic carbocycles. The third kappa shape index (κ3) is 3.34. The predicted octanol–water partition coefficient (Wildman–Crippen LogP) is 2.24. The summed E-state index contributed by atoms with van der Waals surface area (Å²) in [6.45, 7) is 9.95. The Hall–Kier alpha value is -1.77. The van der Waals surface area contributed by atoms with Crippen molar-refractivity contribution in [3.63, 3.8) is 0 Å². The Morgan fingerprint density at radius 3 is 2.35 bits per heavy atom. The highest BCUT2D eigenvalue weighted by Crippen LogP contribution is 2.24. The fourth-order valence-corrected chi connectivity index (χ4v) is 1.48. The third-order valence-electron chi connectivity index (χ3n) is 2.75. The van der Waals surface area contributed by atoms with Crippen LogP contribution in [0.15, 0.2) is 36.4 Å². The molecule has 0 fully saturated rings. The van der Waals surface area contributed by atoms with Crippen LogP contribution in [0.4, 0.5) is 5.69 Å². The van der Waals surface area contributed by atoms with Crippen molar-refractivity contribution in [1.82, 2.24) is 5.32 Å². The van der Waals surface area contributed by atoms with E-state index in [9.17, 15) is 4.79 Å². The summed E-state index contributed by atoms with van der Waals surface area (Å²) >= 11 is 0. The van der Waals surface area contributed by atoms with Crippen molar-refractivity contribution >= 4 is 11.6 Å². The molecule has 0 saturated heterocycles. The Balaban J connectivity index is 2.82. The van der Waals surface area contributed by atoms with Crippen LogP contribution in [0.3, 0.4) is 0 Å². The van der Waals surface area contributed by atoms with Crippen molar-refractivity contribution in [2.45, 2.75) is 26.2 Å². The minimum atomic E-state index is -0.566. The predicted molar refractivity (Wildman–Crippen MR) is 71.7 cm³/mol. The first-order valence-corrected chi connectivity index (χ1v) is 5.62. The van der Waals surface area contributed by atoms with Gasteiger partial charge < -0.3 is 11.1 Å². The van der Waals surface area contributed by atoms with E-state index in [4.69, 9.17) is 5.73 Å². The lowest BCUT2D eigenvalue weighted by Crippen LogP contribution is -2.40. The monoisotopic (exact) mass is 232 g/mol. The maximum atomic E-state index is 12.1. The molecule has 3 N–H and O–H groups in total. The molecule has 3 heteroatoms. The van der Waals surface area contributed by atoms with Crippen molar-refractivity contribution in [2.24, 2.45) is 0 Å². The van der Waals surface area contributed by atoms with E-state index < -0.39 is 5.41 Å². The van der Waals surface area contributed by atoms with Gasteiger partial charge in [0.25, 0.3) is 0 Å². The third-order valence-corrected chi connectivity index (χ3v) is 2.75.